The molecule has 1 N–H and O–H groups in total. The van der Waals surface area contributed by atoms with E-state index in [0.29, 0.717) is 28.6 Å². The lowest BCUT2D eigenvalue weighted by Gasteiger charge is -1.93. The number of fused-ring (bicyclic) bond motifs is 1. The zero-order chi connectivity index (χ0) is 19.1. The van der Waals surface area contributed by atoms with Crippen LogP contribution in [0.4, 0.5) is 0 Å². The summed E-state index contributed by atoms with van der Waals surface area (Å²) < 4.78 is 17.0. The summed E-state index contributed by atoms with van der Waals surface area (Å²) in [5.74, 6) is 3.37. The smallest absolute Gasteiger partial charge is 0.277 e. The summed E-state index contributed by atoms with van der Waals surface area (Å²) in [5, 5.41) is 17.9. The normalized spacial score (nSPS) is 11.5. The quantitative estimate of drug-likeness (QED) is 0.426. The Hall–Kier alpha value is -3.33. The number of aromatic nitrogens is 5. The highest BCUT2D eigenvalue weighted by Gasteiger charge is 2.17. The Labute approximate surface area is 163 Å². The third kappa shape index (κ3) is 2.99. The first kappa shape index (κ1) is 16.8. The average molecular weight is 393 g/mol. The van der Waals surface area contributed by atoms with Crippen molar-refractivity contribution in [2.45, 2.75) is 24.8 Å². The molecule has 0 aliphatic carbocycles. The molecule has 140 valence electrons. The fraction of sp³-hybridized carbons (Fsp3) is 0.158. The number of aromatic amines is 1. The van der Waals surface area contributed by atoms with Crippen LogP contribution in [-0.2, 0) is 5.75 Å². The Kier molecular flexibility index (Phi) is 4.01. The highest BCUT2D eigenvalue weighted by atomic mass is 32.2. The number of H-pyrrole nitrogens is 1. The Morgan fingerprint density at radius 1 is 0.929 bits per heavy atom. The topological polar surface area (TPSA) is 107 Å². The van der Waals surface area contributed by atoms with Crippen molar-refractivity contribution in [3.8, 4) is 22.9 Å². The van der Waals surface area contributed by atoms with Gasteiger partial charge in [0.2, 0.25) is 5.89 Å². The van der Waals surface area contributed by atoms with Crippen LogP contribution in [-0.4, -0.2) is 25.4 Å². The molecule has 0 radical (unpaired) electrons. The molecule has 0 aliphatic rings. The molecule has 0 atom stereocenters. The van der Waals surface area contributed by atoms with Gasteiger partial charge in [-0.1, -0.05) is 30.0 Å². The van der Waals surface area contributed by atoms with Crippen LogP contribution >= 0.6 is 11.8 Å². The van der Waals surface area contributed by atoms with Gasteiger partial charge in [-0.25, -0.2) is 0 Å². The standard InChI is InChI=1S/C19H15N5O3S/c1-10-7-13(11(2)25-10)17-22-21-16(26-17)9-28-19-24-23-18(27-19)14-8-20-15-6-4-3-5-12(14)15/h3-8,20H,9H2,1-2H3. The van der Waals surface area contributed by atoms with Gasteiger partial charge in [0.05, 0.1) is 16.9 Å². The van der Waals surface area contributed by atoms with Crippen LogP contribution in [0.5, 0.6) is 0 Å². The molecule has 0 bridgehead atoms. The van der Waals surface area contributed by atoms with Crippen LogP contribution in [0, 0.1) is 13.8 Å². The third-order valence-corrected chi connectivity index (χ3v) is 5.09. The van der Waals surface area contributed by atoms with E-state index in [2.05, 4.69) is 25.4 Å². The zero-order valence-corrected chi connectivity index (χ0v) is 15.9. The van der Waals surface area contributed by atoms with Crippen molar-refractivity contribution < 1.29 is 13.3 Å². The van der Waals surface area contributed by atoms with Gasteiger partial charge >= 0.3 is 0 Å². The number of hydrogen-bond donors (Lipinski definition) is 1. The Bertz CT molecular complexity index is 1270. The number of nitrogens with one attached hydrogen (secondary N) is 1. The molecule has 0 spiro atoms. The zero-order valence-electron chi connectivity index (χ0n) is 15.1. The van der Waals surface area contributed by atoms with E-state index in [1.807, 2.05) is 50.4 Å². The maximum atomic E-state index is 5.79. The first-order valence-corrected chi connectivity index (χ1v) is 9.58. The lowest BCUT2D eigenvalue weighted by atomic mass is 10.2. The molecule has 0 saturated carbocycles. The van der Waals surface area contributed by atoms with Crippen LogP contribution < -0.4 is 0 Å². The van der Waals surface area contributed by atoms with Crippen molar-refractivity contribution in [1.82, 2.24) is 25.4 Å². The summed E-state index contributed by atoms with van der Waals surface area (Å²) in [6.45, 7) is 3.75. The molecule has 4 aromatic heterocycles. The first-order chi connectivity index (χ1) is 13.7. The van der Waals surface area contributed by atoms with Crippen molar-refractivity contribution in [3.05, 3.63) is 53.9 Å². The molecule has 8 nitrogen and oxygen atoms in total. The van der Waals surface area contributed by atoms with Gasteiger partial charge in [0.25, 0.3) is 17.0 Å². The first-order valence-electron chi connectivity index (χ1n) is 8.60. The summed E-state index contributed by atoms with van der Waals surface area (Å²) in [4.78, 5) is 3.20. The average Bonchev–Trinajstić information content (AvgIpc) is 3.46. The van der Waals surface area contributed by atoms with Crippen molar-refractivity contribution in [1.29, 1.82) is 0 Å². The molecule has 1 aromatic carbocycles. The van der Waals surface area contributed by atoms with E-state index in [-0.39, 0.29) is 0 Å². The molecule has 5 rings (SSSR count). The molecule has 0 fully saturated rings. The fourth-order valence-corrected chi connectivity index (χ4v) is 3.61. The van der Waals surface area contributed by atoms with Gasteiger partial charge in [0.1, 0.15) is 11.5 Å². The maximum Gasteiger partial charge on any atom is 0.277 e. The van der Waals surface area contributed by atoms with Gasteiger partial charge < -0.3 is 18.2 Å². The number of benzene rings is 1. The summed E-state index contributed by atoms with van der Waals surface area (Å²) >= 11 is 1.34. The van der Waals surface area contributed by atoms with E-state index < -0.39 is 0 Å². The van der Waals surface area contributed by atoms with Gasteiger partial charge in [-0.15, -0.1) is 20.4 Å². The van der Waals surface area contributed by atoms with Gasteiger partial charge in [-0.2, -0.15) is 0 Å². The number of nitrogens with zero attached hydrogens (tertiary/aromatic N) is 4. The largest absolute Gasteiger partial charge is 0.466 e. The minimum absolute atomic E-state index is 0.429. The van der Waals surface area contributed by atoms with Crippen LogP contribution in [0.25, 0.3) is 33.8 Å². The molecular weight excluding hydrogens is 378 g/mol. The molecule has 0 aliphatic heterocycles. The van der Waals surface area contributed by atoms with E-state index in [1.54, 1.807) is 0 Å². The summed E-state index contributed by atoms with van der Waals surface area (Å²) in [5.41, 5.74) is 2.70. The van der Waals surface area contributed by atoms with Crippen LogP contribution in [0.2, 0.25) is 0 Å². The molecule has 5 aromatic rings. The summed E-state index contributed by atoms with van der Waals surface area (Å²) in [6, 6.07) is 9.84. The number of aryl methyl sites for hydroxylation is 2. The van der Waals surface area contributed by atoms with Gasteiger partial charge in [-0.05, 0) is 26.0 Å². The predicted molar refractivity (Wildman–Crippen MR) is 103 cm³/mol. The van der Waals surface area contributed by atoms with E-state index in [0.717, 1.165) is 33.6 Å². The number of furan rings is 1. The second-order valence-electron chi connectivity index (χ2n) is 6.24. The fourth-order valence-electron chi connectivity index (χ4n) is 3.01. The number of rotatable bonds is 5. The Balaban J connectivity index is 1.31. The van der Waals surface area contributed by atoms with Gasteiger partial charge in [0, 0.05) is 17.1 Å². The monoisotopic (exact) mass is 393 g/mol. The Morgan fingerprint density at radius 3 is 2.61 bits per heavy atom. The molecule has 0 unspecified atom stereocenters. The van der Waals surface area contributed by atoms with Crippen LogP contribution in [0.1, 0.15) is 17.4 Å². The van der Waals surface area contributed by atoms with Crippen LogP contribution in [0.15, 0.2) is 55.0 Å². The Morgan fingerprint density at radius 2 is 1.75 bits per heavy atom. The molecule has 28 heavy (non-hydrogen) atoms. The number of hydrogen-bond acceptors (Lipinski definition) is 8. The van der Waals surface area contributed by atoms with E-state index in [9.17, 15) is 0 Å². The summed E-state index contributed by atoms with van der Waals surface area (Å²) in [6.07, 6.45) is 1.87. The number of thioether (sulfide) groups is 1. The van der Waals surface area contributed by atoms with Crippen molar-refractivity contribution in [3.63, 3.8) is 0 Å². The van der Waals surface area contributed by atoms with Crippen molar-refractivity contribution in [2.24, 2.45) is 0 Å². The highest BCUT2D eigenvalue weighted by molar-refractivity contribution is 7.98. The molecular formula is C19H15N5O3S. The second kappa shape index (κ2) is 6.68. The second-order valence-corrected chi connectivity index (χ2v) is 7.16. The molecule has 9 heteroatoms. The van der Waals surface area contributed by atoms with E-state index in [1.165, 1.54) is 11.8 Å². The van der Waals surface area contributed by atoms with Gasteiger partial charge in [-0.3, -0.25) is 0 Å². The van der Waals surface area contributed by atoms with E-state index >= 15 is 0 Å². The molecule has 0 saturated heterocycles. The van der Waals surface area contributed by atoms with Crippen LogP contribution in [0.3, 0.4) is 0 Å². The molecule has 4 heterocycles. The van der Waals surface area contributed by atoms with E-state index in [4.69, 9.17) is 13.3 Å². The van der Waals surface area contributed by atoms with Gasteiger partial charge in [0.15, 0.2) is 0 Å². The lowest BCUT2D eigenvalue weighted by Crippen LogP contribution is -1.80. The maximum absolute atomic E-state index is 5.79. The highest BCUT2D eigenvalue weighted by Crippen LogP contribution is 2.31. The minimum atomic E-state index is 0.429. The number of para-hydroxylation sites is 1. The van der Waals surface area contributed by atoms with Crippen molar-refractivity contribution in [2.75, 3.05) is 0 Å². The summed E-state index contributed by atoms with van der Waals surface area (Å²) in [7, 11) is 0. The lowest BCUT2D eigenvalue weighted by molar-refractivity contribution is 0.464. The van der Waals surface area contributed by atoms with Crippen molar-refractivity contribution >= 4 is 22.7 Å². The third-order valence-electron chi connectivity index (χ3n) is 4.28. The SMILES string of the molecule is Cc1cc(-c2nnc(CSc3nnc(-c4c[nH]c5ccccc45)o3)o2)c(C)o1. The molecule has 0 amide bonds. The predicted octanol–water partition coefficient (Wildman–Crippen LogP) is 4.77. The minimum Gasteiger partial charge on any atom is -0.466 e.